The Balaban J connectivity index is 1.94. The second-order valence-corrected chi connectivity index (χ2v) is 9.09. The van der Waals surface area contributed by atoms with Gasteiger partial charge in [0.25, 0.3) is 0 Å². The molecule has 3 rings (SSSR count). The number of alkyl halides is 1. The van der Waals surface area contributed by atoms with E-state index in [1.54, 1.807) is 11.4 Å². The molecule has 2 aliphatic carbocycles. The molecular weight excluding hydrogens is 341 g/mol. The highest BCUT2D eigenvalue weighted by molar-refractivity contribution is 14.1. The monoisotopic (exact) mass is 357 g/mol. The molecule has 4 nitrogen and oxygen atoms in total. The zero-order valence-corrected chi connectivity index (χ0v) is 12.3. The van der Waals surface area contributed by atoms with Gasteiger partial charge in [-0.15, -0.1) is 0 Å². The van der Waals surface area contributed by atoms with Crippen LogP contribution in [0.4, 0.5) is 0 Å². The molecule has 0 spiro atoms. The fourth-order valence-electron chi connectivity index (χ4n) is 3.83. The Bertz CT molecular complexity index is 410. The van der Waals surface area contributed by atoms with Crippen molar-refractivity contribution in [2.24, 2.45) is 11.8 Å². The summed E-state index contributed by atoms with van der Waals surface area (Å²) in [6, 6.07) is 0.103. The lowest BCUT2D eigenvalue weighted by molar-refractivity contribution is -0.0119. The molecule has 2 bridgehead atoms. The van der Waals surface area contributed by atoms with E-state index in [1.165, 1.54) is 0 Å². The Hall–Kier alpha value is 0.600. The van der Waals surface area contributed by atoms with Crippen molar-refractivity contribution < 1.29 is 13.2 Å². The number of likely N-dealkylation sites (N-methyl/N-ethyl adjacent to an activating group) is 1. The van der Waals surface area contributed by atoms with Crippen molar-refractivity contribution >= 4 is 32.6 Å². The number of sulfonamides is 1. The van der Waals surface area contributed by atoms with Crippen molar-refractivity contribution in [2.45, 2.75) is 41.3 Å². The smallest absolute Gasteiger partial charge is 0.217 e. The van der Waals surface area contributed by atoms with Gasteiger partial charge in [-0.25, -0.2) is 8.42 Å². The zero-order valence-electron chi connectivity index (χ0n) is 9.34. The van der Waals surface area contributed by atoms with Gasteiger partial charge in [0.2, 0.25) is 10.0 Å². The Morgan fingerprint density at radius 2 is 2.12 bits per heavy atom. The van der Waals surface area contributed by atoms with E-state index in [-0.39, 0.29) is 21.5 Å². The topological polar surface area (TPSA) is 46.6 Å². The fraction of sp³-hybridized carbons (Fsp3) is 1.00. The van der Waals surface area contributed by atoms with Gasteiger partial charge in [0.1, 0.15) is 4.11 Å². The fourth-order valence-corrected chi connectivity index (χ4v) is 6.42. The van der Waals surface area contributed by atoms with Crippen LogP contribution in [0, 0.1) is 11.8 Å². The molecule has 0 aromatic rings. The van der Waals surface area contributed by atoms with Crippen molar-refractivity contribution in [2.75, 3.05) is 7.05 Å². The molecule has 2 saturated carbocycles. The SMILES string of the molecule is CC(I)OC1C2CC3C1N(C)S(=O)(=O)C3C2. The predicted octanol–water partition coefficient (Wildman–Crippen LogP) is 1.20. The summed E-state index contributed by atoms with van der Waals surface area (Å²) in [7, 11) is -1.31. The summed E-state index contributed by atoms with van der Waals surface area (Å²) < 4.78 is 31.9. The highest BCUT2D eigenvalue weighted by Crippen LogP contribution is 2.56. The molecule has 6 unspecified atom stereocenters. The number of ether oxygens (including phenoxy) is 1. The molecule has 1 heterocycles. The molecule has 6 heteroatoms. The van der Waals surface area contributed by atoms with Crippen molar-refractivity contribution in [3.63, 3.8) is 0 Å². The van der Waals surface area contributed by atoms with Gasteiger partial charge in [-0.2, -0.15) is 4.31 Å². The summed E-state index contributed by atoms with van der Waals surface area (Å²) in [5.74, 6) is 0.775. The number of fused-ring (bicyclic) bond motifs is 1. The van der Waals surface area contributed by atoms with E-state index in [9.17, 15) is 8.42 Å². The van der Waals surface area contributed by atoms with Gasteiger partial charge in [0.15, 0.2) is 0 Å². The average Bonchev–Trinajstić information content (AvgIpc) is 2.75. The third kappa shape index (κ3) is 1.36. The molecule has 3 fully saturated rings. The minimum Gasteiger partial charge on any atom is -0.363 e. The van der Waals surface area contributed by atoms with Crippen LogP contribution in [-0.2, 0) is 14.8 Å². The molecule has 3 aliphatic rings. The highest BCUT2D eigenvalue weighted by atomic mass is 127. The molecule has 6 atom stereocenters. The van der Waals surface area contributed by atoms with Crippen molar-refractivity contribution in [1.82, 2.24) is 4.31 Å². The van der Waals surface area contributed by atoms with Crippen LogP contribution < -0.4 is 0 Å². The highest BCUT2D eigenvalue weighted by Gasteiger charge is 2.65. The van der Waals surface area contributed by atoms with Crippen LogP contribution in [0.15, 0.2) is 0 Å². The standard InChI is InChI=1S/C10H16INO3S/c1-5(11)15-10-6-3-7-8(4-6)16(13,14)12(2)9(7)10/h5-10H,3-4H2,1-2H3. The maximum Gasteiger partial charge on any atom is 0.217 e. The third-order valence-corrected chi connectivity index (χ3v) is 7.02. The summed E-state index contributed by atoms with van der Waals surface area (Å²) in [6.07, 6.45) is 1.96. The number of halogens is 1. The van der Waals surface area contributed by atoms with Gasteiger partial charge >= 0.3 is 0 Å². The van der Waals surface area contributed by atoms with Crippen molar-refractivity contribution in [3.8, 4) is 0 Å². The van der Waals surface area contributed by atoms with E-state index < -0.39 is 10.0 Å². The second-order valence-electron chi connectivity index (χ2n) is 5.13. The number of hydrogen-bond donors (Lipinski definition) is 0. The summed E-state index contributed by atoms with van der Waals surface area (Å²) >= 11 is 2.24. The largest absolute Gasteiger partial charge is 0.363 e. The van der Waals surface area contributed by atoms with Crippen LogP contribution >= 0.6 is 22.6 Å². The minimum atomic E-state index is -3.03. The Morgan fingerprint density at radius 3 is 2.75 bits per heavy atom. The van der Waals surface area contributed by atoms with Crippen molar-refractivity contribution in [3.05, 3.63) is 0 Å². The van der Waals surface area contributed by atoms with Gasteiger partial charge < -0.3 is 4.74 Å². The summed E-state index contributed by atoms with van der Waals surface area (Å²) in [5, 5.41) is -0.114. The van der Waals surface area contributed by atoms with Crippen LogP contribution in [0.3, 0.4) is 0 Å². The molecule has 0 aromatic heterocycles. The minimum absolute atomic E-state index is 0.103. The van der Waals surface area contributed by atoms with E-state index in [4.69, 9.17) is 4.74 Å². The lowest BCUT2D eigenvalue weighted by Crippen LogP contribution is -2.42. The van der Waals surface area contributed by atoms with Gasteiger partial charge in [0.05, 0.1) is 17.4 Å². The lowest BCUT2D eigenvalue weighted by Gasteiger charge is -2.29. The Morgan fingerprint density at radius 1 is 1.44 bits per heavy atom. The summed E-state index contributed by atoms with van der Waals surface area (Å²) in [5.41, 5.74) is 0. The van der Waals surface area contributed by atoms with E-state index in [1.807, 2.05) is 6.92 Å². The maximum atomic E-state index is 12.1. The third-order valence-electron chi connectivity index (χ3n) is 4.38. The van der Waals surface area contributed by atoms with Gasteiger partial charge in [-0.3, -0.25) is 0 Å². The number of rotatable bonds is 2. The van der Waals surface area contributed by atoms with Crippen LogP contribution in [0.25, 0.3) is 0 Å². The van der Waals surface area contributed by atoms with Gasteiger partial charge in [0, 0.05) is 7.05 Å². The van der Waals surface area contributed by atoms with Crippen LogP contribution in [0.2, 0.25) is 0 Å². The first-order valence-electron chi connectivity index (χ1n) is 5.69. The van der Waals surface area contributed by atoms with E-state index in [0.717, 1.165) is 12.8 Å². The summed E-state index contributed by atoms with van der Waals surface area (Å²) in [6.45, 7) is 2.01. The molecule has 0 N–H and O–H groups in total. The first-order chi connectivity index (χ1) is 7.43. The second kappa shape index (κ2) is 3.55. The van der Waals surface area contributed by atoms with Crippen LogP contribution in [-0.4, -0.2) is 41.3 Å². The van der Waals surface area contributed by atoms with Gasteiger partial charge in [-0.05, 0) is 31.6 Å². The average molecular weight is 357 g/mol. The maximum absolute atomic E-state index is 12.1. The summed E-state index contributed by atoms with van der Waals surface area (Å²) in [4.78, 5) is 0. The lowest BCUT2D eigenvalue weighted by atomic mass is 9.92. The van der Waals surface area contributed by atoms with Gasteiger partial charge in [-0.1, -0.05) is 22.6 Å². The molecular formula is C10H16INO3S. The van der Waals surface area contributed by atoms with Crippen molar-refractivity contribution in [1.29, 1.82) is 0 Å². The van der Waals surface area contributed by atoms with E-state index in [0.29, 0.717) is 11.8 Å². The first-order valence-corrected chi connectivity index (χ1v) is 8.44. The number of hydrogen-bond acceptors (Lipinski definition) is 3. The predicted molar refractivity (Wildman–Crippen MR) is 68.8 cm³/mol. The Kier molecular flexibility index (Phi) is 2.59. The molecule has 92 valence electrons. The molecule has 1 saturated heterocycles. The molecule has 0 amide bonds. The molecule has 1 aliphatic heterocycles. The first kappa shape index (κ1) is 11.7. The molecule has 0 aromatic carbocycles. The Labute approximate surface area is 110 Å². The van der Waals surface area contributed by atoms with E-state index >= 15 is 0 Å². The van der Waals surface area contributed by atoms with Crippen LogP contribution in [0.1, 0.15) is 19.8 Å². The van der Waals surface area contributed by atoms with Crippen LogP contribution in [0.5, 0.6) is 0 Å². The normalized spacial score (nSPS) is 51.1. The van der Waals surface area contributed by atoms with E-state index in [2.05, 4.69) is 22.6 Å². The quantitative estimate of drug-likeness (QED) is 0.551. The molecule has 0 radical (unpaired) electrons. The molecule has 16 heavy (non-hydrogen) atoms. The zero-order chi connectivity index (χ0) is 11.7. The number of nitrogens with zero attached hydrogens (tertiary/aromatic N) is 1.